The van der Waals surface area contributed by atoms with Crippen molar-refractivity contribution in [2.75, 3.05) is 11.5 Å². The number of amides is 8. The van der Waals surface area contributed by atoms with E-state index in [1.54, 1.807) is 55.4 Å². The van der Waals surface area contributed by atoms with E-state index in [-0.39, 0.29) is 36.2 Å². The molecule has 23 nitrogen and oxygen atoms in total. The SMILES string of the molecule is CC(C)C[C@H](NC(=O)[C@H](CCC(=O)O)NC(=O)[C@H](Cc1cnc[nH]1)NC(=O)[C@H](C)NC(=O)[C@H](CS)NC(=O)[C@@H](NC(=O)[C@@H](N)C(C)C)C(C)C)C(=O)N[C@H](C(=O)N[C@@H](CS)C(=O)O)C(C)C. The minimum absolute atomic E-state index is 0.0275. The van der Waals surface area contributed by atoms with Gasteiger partial charge in [0.25, 0.3) is 0 Å². The van der Waals surface area contributed by atoms with Gasteiger partial charge < -0.3 is 63.5 Å². The molecule has 0 unspecified atom stereocenters. The Kier molecular flexibility index (Phi) is 25.4. The van der Waals surface area contributed by atoms with E-state index in [0.717, 1.165) is 0 Å². The smallest absolute Gasteiger partial charge is 0.327 e. The molecule has 0 radical (unpaired) electrons. The Hall–Kier alpha value is -5.43. The molecule has 0 aliphatic heterocycles. The summed E-state index contributed by atoms with van der Waals surface area (Å²) in [6, 6.07) is -11.5. The summed E-state index contributed by atoms with van der Waals surface area (Å²) in [5.74, 6) is -11.0. The van der Waals surface area contributed by atoms with Crippen LogP contribution < -0.4 is 48.3 Å². The number of rotatable bonds is 29. The van der Waals surface area contributed by atoms with E-state index in [1.165, 1.54) is 19.4 Å². The second-order valence-electron chi connectivity index (χ2n) is 17.3. The number of carbonyl (C=O) groups is 10. The largest absolute Gasteiger partial charge is 0.481 e. The Morgan fingerprint density at radius 3 is 1.48 bits per heavy atom. The minimum Gasteiger partial charge on any atom is -0.481 e. The van der Waals surface area contributed by atoms with Crippen LogP contribution >= 0.6 is 25.3 Å². The lowest BCUT2D eigenvalue weighted by Crippen LogP contribution is -2.61. The van der Waals surface area contributed by atoms with Crippen LogP contribution in [0.4, 0.5) is 0 Å². The predicted octanol–water partition coefficient (Wildman–Crippen LogP) is -2.00. The zero-order valence-electron chi connectivity index (χ0n) is 38.8. The number of hydrogen-bond acceptors (Lipinski definition) is 14. The fourth-order valence-electron chi connectivity index (χ4n) is 6.06. The Morgan fingerprint density at radius 1 is 0.576 bits per heavy atom. The molecule has 25 heteroatoms. The van der Waals surface area contributed by atoms with Crippen molar-refractivity contribution in [3.63, 3.8) is 0 Å². The number of hydrogen-bond donors (Lipinski definition) is 14. The summed E-state index contributed by atoms with van der Waals surface area (Å²) in [5.41, 5.74) is 6.30. The van der Waals surface area contributed by atoms with Crippen LogP contribution in [0.2, 0.25) is 0 Å². The molecule has 1 aromatic rings. The number of nitrogens with two attached hydrogens (primary N) is 1. The quantitative estimate of drug-likeness (QED) is 0.0387. The third-order valence-electron chi connectivity index (χ3n) is 10.1. The van der Waals surface area contributed by atoms with Gasteiger partial charge in [0.15, 0.2) is 0 Å². The maximum Gasteiger partial charge on any atom is 0.327 e. The summed E-state index contributed by atoms with van der Waals surface area (Å²) in [6.45, 7) is 14.9. The molecular weight excluding hydrogens is 903 g/mol. The highest BCUT2D eigenvalue weighted by Crippen LogP contribution is 2.11. The molecule has 8 amide bonds. The number of H-pyrrole nitrogens is 1. The molecule has 0 aliphatic rings. The van der Waals surface area contributed by atoms with E-state index in [4.69, 9.17) is 5.73 Å². The average molecular weight is 972 g/mol. The fourth-order valence-corrected chi connectivity index (χ4v) is 6.57. The molecule has 0 spiro atoms. The molecule has 66 heavy (non-hydrogen) atoms. The Bertz CT molecular complexity index is 1830. The van der Waals surface area contributed by atoms with Gasteiger partial charge in [0, 0.05) is 36.2 Å². The molecule has 9 atom stereocenters. The minimum atomic E-state index is -1.58. The van der Waals surface area contributed by atoms with Crippen molar-refractivity contribution in [3.8, 4) is 0 Å². The van der Waals surface area contributed by atoms with Crippen molar-refractivity contribution in [2.45, 2.75) is 142 Å². The van der Waals surface area contributed by atoms with E-state index >= 15 is 0 Å². The topological polar surface area (TPSA) is 362 Å². The Balaban J connectivity index is 3.32. The number of aromatic nitrogens is 2. The van der Waals surface area contributed by atoms with Gasteiger partial charge in [-0.3, -0.25) is 43.2 Å². The number of carbonyl (C=O) groups excluding carboxylic acids is 8. The molecule has 0 saturated heterocycles. The average Bonchev–Trinajstić information content (AvgIpc) is 3.75. The van der Waals surface area contributed by atoms with E-state index in [1.807, 2.05) is 0 Å². The van der Waals surface area contributed by atoms with Gasteiger partial charge in [-0.05, 0) is 43.4 Å². The van der Waals surface area contributed by atoms with Crippen molar-refractivity contribution >= 4 is 84.5 Å². The summed E-state index contributed by atoms with van der Waals surface area (Å²) in [4.78, 5) is 137. The zero-order valence-corrected chi connectivity index (χ0v) is 40.6. The van der Waals surface area contributed by atoms with Crippen LogP contribution in [-0.2, 0) is 54.4 Å². The zero-order chi connectivity index (χ0) is 50.6. The van der Waals surface area contributed by atoms with Gasteiger partial charge in [0.05, 0.1) is 12.4 Å². The molecule has 13 N–H and O–H groups in total. The lowest BCUT2D eigenvalue weighted by atomic mass is 9.99. The lowest BCUT2D eigenvalue weighted by molar-refractivity contribution is -0.142. The molecule has 0 aromatic carbocycles. The standard InChI is InChI=1S/C41H69N11O12S2/c1-18(2)12-25(36(58)51-31(20(5)6)40(62)50-28(16-66)41(63)64)48-34(56)24(10-11-29(53)54)46-35(57)26(13-23-14-43-17-44-23)47-33(55)22(9)45-37(59)27(15-65)49-39(61)32(21(7)8)52-38(60)30(42)19(3)4/h14,17-22,24-28,30-32,65-66H,10-13,15-16,42H2,1-9H3,(H,43,44)(H,45,59)(H,46,57)(H,47,55)(H,48,56)(H,49,61)(H,50,62)(H,51,58)(H,52,60)(H,53,54)(H,63,64)/t22-,24-,25-,26-,27-,28-,30-,31-,32-/m0/s1. The van der Waals surface area contributed by atoms with Crippen LogP contribution in [0.5, 0.6) is 0 Å². The van der Waals surface area contributed by atoms with Crippen LogP contribution in [0.3, 0.4) is 0 Å². The number of nitrogens with zero attached hydrogens (tertiary/aromatic N) is 1. The predicted molar refractivity (Wildman–Crippen MR) is 248 cm³/mol. The van der Waals surface area contributed by atoms with Crippen molar-refractivity contribution in [3.05, 3.63) is 18.2 Å². The first-order valence-electron chi connectivity index (χ1n) is 21.6. The summed E-state index contributed by atoms with van der Waals surface area (Å²) >= 11 is 8.14. The van der Waals surface area contributed by atoms with Gasteiger partial charge in [-0.2, -0.15) is 25.3 Å². The van der Waals surface area contributed by atoms with Gasteiger partial charge in [0.2, 0.25) is 47.3 Å². The highest BCUT2D eigenvalue weighted by molar-refractivity contribution is 7.80. The van der Waals surface area contributed by atoms with Crippen LogP contribution in [0.25, 0.3) is 0 Å². The molecule has 372 valence electrons. The summed E-state index contributed by atoms with van der Waals surface area (Å²) in [6.07, 6.45) is 1.42. The molecule has 0 bridgehead atoms. The van der Waals surface area contributed by atoms with Crippen LogP contribution in [-0.4, -0.2) is 145 Å². The first kappa shape index (κ1) is 58.6. The second-order valence-corrected chi connectivity index (χ2v) is 18.0. The highest BCUT2D eigenvalue weighted by Gasteiger charge is 2.36. The summed E-state index contributed by atoms with van der Waals surface area (Å²) in [7, 11) is 0. The molecule has 0 aliphatic carbocycles. The van der Waals surface area contributed by atoms with Gasteiger partial charge in [-0.1, -0.05) is 55.4 Å². The van der Waals surface area contributed by atoms with Gasteiger partial charge in [0.1, 0.15) is 48.3 Å². The highest BCUT2D eigenvalue weighted by atomic mass is 32.1. The number of carboxylic acids is 2. The van der Waals surface area contributed by atoms with Crippen LogP contribution in [0.15, 0.2) is 12.5 Å². The number of imidazole rings is 1. The van der Waals surface area contributed by atoms with E-state index in [0.29, 0.717) is 5.69 Å². The Labute approximate surface area is 395 Å². The molecule has 1 aromatic heterocycles. The first-order chi connectivity index (χ1) is 30.7. The monoisotopic (exact) mass is 971 g/mol. The molecular formula is C41H69N11O12S2. The number of aromatic amines is 1. The van der Waals surface area contributed by atoms with Crippen molar-refractivity contribution < 1.29 is 58.2 Å². The number of carboxylic acid groups (broad SMARTS) is 2. The van der Waals surface area contributed by atoms with Gasteiger partial charge in [-0.25, -0.2) is 9.78 Å². The van der Waals surface area contributed by atoms with Crippen LogP contribution in [0, 0.1) is 23.7 Å². The molecule has 1 rings (SSSR count). The number of nitrogens with one attached hydrogen (secondary N) is 9. The van der Waals surface area contributed by atoms with E-state index in [9.17, 15) is 58.2 Å². The summed E-state index contributed by atoms with van der Waals surface area (Å²) in [5, 5.41) is 38.9. The van der Waals surface area contributed by atoms with Gasteiger partial charge in [-0.15, -0.1) is 0 Å². The Morgan fingerprint density at radius 2 is 1.03 bits per heavy atom. The van der Waals surface area contributed by atoms with Crippen molar-refractivity contribution in [1.82, 2.24) is 52.5 Å². The fraction of sp³-hybridized carbons (Fsp3) is 0.683. The number of thiol groups is 2. The maximum atomic E-state index is 14.0. The third kappa shape index (κ3) is 20.0. The first-order valence-corrected chi connectivity index (χ1v) is 22.8. The van der Waals surface area contributed by atoms with E-state index < -0.39 is 138 Å². The molecule has 1 heterocycles. The van der Waals surface area contributed by atoms with Crippen molar-refractivity contribution in [1.29, 1.82) is 0 Å². The second kappa shape index (κ2) is 28.6. The van der Waals surface area contributed by atoms with Crippen LogP contribution in [0.1, 0.15) is 87.3 Å². The molecule has 0 saturated carbocycles. The lowest BCUT2D eigenvalue weighted by Gasteiger charge is -2.29. The molecule has 0 fully saturated rings. The summed E-state index contributed by atoms with van der Waals surface area (Å²) < 4.78 is 0. The maximum absolute atomic E-state index is 14.0. The van der Waals surface area contributed by atoms with E-state index in [2.05, 4.69) is 77.8 Å². The number of aliphatic carboxylic acids is 2. The van der Waals surface area contributed by atoms with Gasteiger partial charge >= 0.3 is 11.9 Å². The van der Waals surface area contributed by atoms with Crippen molar-refractivity contribution in [2.24, 2.45) is 29.4 Å². The third-order valence-corrected chi connectivity index (χ3v) is 10.8. The normalized spacial score (nSPS) is 15.5.